The summed E-state index contributed by atoms with van der Waals surface area (Å²) in [5, 5.41) is 8.64. The summed E-state index contributed by atoms with van der Waals surface area (Å²) < 4.78 is 13.6. The zero-order valence-corrected chi connectivity index (χ0v) is 23.3. The fraction of sp³-hybridized carbons (Fsp3) is 0.242. The fourth-order valence-electron chi connectivity index (χ4n) is 5.38. The van der Waals surface area contributed by atoms with Crippen LogP contribution in [0, 0.1) is 0 Å². The van der Waals surface area contributed by atoms with E-state index in [1.165, 1.54) is 0 Å². The van der Waals surface area contributed by atoms with Crippen LogP contribution in [0.2, 0.25) is 0 Å². The number of aliphatic imine (C=N–C) groups is 2. The van der Waals surface area contributed by atoms with Crippen LogP contribution in [-0.4, -0.2) is 54.1 Å². The van der Waals surface area contributed by atoms with Gasteiger partial charge >= 0.3 is 6.09 Å². The summed E-state index contributed by atoms with van der Waals surface area (Å²) in [6, 6.07) is 22.6. The first-order valence-corrected chi connectivity index (χ1v) is 13.9. The third kappa shape index (κ3) is 4.75. The van der Waals surface area contributed by atoms with E-state index in [9.17, 15) is 4.79 Å². The molecule has 0 spiro atoms. The van der Waals surface area contributed by atoms with Crippen molar-refractivity contribution in [2.75, 3.05) is 26.2 Å². The summed E-state index contributed by atoms with van der Waals surface area (Å²) in [5.74, 6) is 2.57. The van der Waals surface area contributed by atoms with Gasteiger partial charge in [0.05, 0.1) is 18.6 Å². The van der Waals surface area contributed by atoms with Gasteiger partial charge in [0, 0.05) is 52.3 Å². The van der Waals surface area contributed by atoms with Gasteiger partial charge in [-0.3, -0.25) is 14.6 Å². The van der Waals surface area contributed by atoms with Crippen molar-refractivity contribution in [1.82, 2.24) is 15.2 Å². The molecule has 8 nitrogen and oxygen atoms in total. The molecule has 0 aliphatic carbocycles. The number of carbonyl (C=O) groups is 1. The summed E-state index contributed by atoms with van der Waals surface area (Å²) in [7, 11) is 0. The first-order valence-electron chi connectivity index (χ1n) is 13.9. The quantitative estimate of drug-likeness (QED) is 0.280. The number of benzene rings is 3. The van der Waals surface area contributed by atoms with Crippen LogP contribution >= 0.6 is 0 Å². The van der Waals surface area contributed by atoms with E-state index in [2.05, 4.69) is 69.1 Å². The highest BCUT2D eigenvalue weighted by atomic mass is 16.6. The molecule has 2 aromatic heterocycles. The Morgan fingerprint density at radius 1 is 0.829 bits per heavy atom. The highest BCUT2D eigenvalue weighted by molar-refractivity contribution is 6.07. The summed E-state index contributed by atoms with van der Waals surface area (Å²) >= 11 is 0. The molecule has 0 fully saturated rings. The number of ether oxygens (including phenoxy) is 1. The van der Waals surface area contributed by atoms with Crippen LogP contribution in [0.1, 0.15) is 31.9 Å². The Bertz CT molecular complexity index is 1870. The van der Waals surface area contributed by atoms with Crippen LogP contribution in [0.4, 0.5) is 4.79 Å². The molecular weight excluding hydrogens is 514 g/mol. The highest BCUT2D eigenvalue weighted by Gasteiger charge is 2.22. The van der Waals surface area contributed by atoms with Gasteiger partial charge in [0.2, 0.25) is 0 Å². The maximum Gasteiger partial charge on any atom is 0.419 e. The lowest BCUT2D eigenvalue weighted by atomic mass is 10.0. The molecule has 2 aliphatic heterocycles. The van der Waals surface area contributed by atoms with E-state index in [0.717, 1.165) is 93.3 Å². The second-order valence-electron chi connectivity index (χ2n) is 11.4. The number of amidine groups is 2. The molecule has 7 rings (SSSR count). The van der Waals surface area contributed by atoms with Gasteiger partial charge < -0.3 is 19.8 Å². The summed E-state index contributed by atoms with van der Waals surface area (Å²) in [6.45, 7) is 8.85. The average molecular weight is 546 g/mol. The van der Waals surface area contributed by atoms with Crippen LogP contribution < -0.4 is 10.6 Å². The molecule has 4 heterocycles. The molecule has 206 valence electrons. The molecule has 0 saturated carbocycles. The van der Waals surface area contributed by atoms with E-state index >= 15 is 0 Å². The van der Waals surface area contributed by atoms with Gasteiger partial charge in [-0.05, 0) is 44.5 Å². The molecular formula is C33H31N5O3. The predicted molar refractivity (Wildman–Crippen MR) is 163 cm³/mol. The first kappa shape index (κ1) is 25.1. The Morgan fingerprint density at radius 3 is 2.12 bits per heavy atom. The average Bonchev–Trinajstić information content (AvgIpc) is 3.77. The zero-order valence-electron chi connectivity index (χ0n) is 23.3. The smallest absolute Gasteiger partial charge is 0.419 e. The topological polar surface area (TPSA) is 93.2 Å². The molecule has 0 saturated heterocycles. The lowest BCUT2D eigenvalue weighted by Crippen LogP contribution is -2.26. The van der Waals surface area contributed by atoms with Gasteiger partial charge in [0.1, 0.15) is 28.6 Å². The number of carbonyl (C=O) groups excluding carboxylic acids is 1. The molecule has 8 heteroatoms. The number of hydrogen-bond acceptors (Lipinski definition) is 7. The number of nitrogens with zero attached hydrogens (tertiary/aromatic N) is 3. The van der Waals surface area contributed by atoms with Crippen LogP contribution in [0.5, 0.6) is 0 Å². The van der Waals surface area contributed by atoms with E-state index in [0.29, 0.717) is 0 Å². The van der Waals surface area contributed by atoms with Crippen molar-refractivity contribution in [3.63, 3.8) is 0 Å². The maximum atomic E-state index is 13.3. The first-order chi connectivity index (χ1) is 19.8. The second kappa shape index (κ2) is 9.66. The molecule has 0 radical (unpaired) electrons. The zero-order chi connectivity index (χ0) is 28.1. The van der Waals surface area contributed by atoms with Crippen molar-refractivity contribution in [3.05, 3.63) is 84.1 Å². The van der Waals surface area contributed by atoms with Crippen molar-refractivity contribution in [3.8, 4) is 22.5 Å². The van der Waals surface area contributed by atoms with Crippen LogP contribution in [-0.2, 0) is 4.74 Å². The van der Waals surface area contributed by atoms with Crippen LogP contribution in [0.25, 0.3) is 44.3 Å². The fourth-order valence-corrected chi connectivity index (χ4v) is 5.38. The number of hydrogen-bond donors (Lipinski definition) is 2. The molecule has 0 unspecified atom stereocenters. The van der Waals surface area contributed by atoms with Crippen molar-refractivity contribution in [1.29, 1.82) is 0 Å². The third-order valence-electron chi connectivity index (χ3n) is 7.29. The summed E-state index contributed by atoms with van der Waals surface area (Å²) in [6.07, 6.45) is 1.45. The van der Waals surface area contributed by atoms with Gasteiger partial charge in [-0.25, -0.2) is 4.79 Å². The van der Waals surface area contributed by atoms with Gasteiger partial charge in [0.25, 0.3) is 0 Å². The van der Waals surface area contributed by atoms with Gasteiger partial charge in [0.15, 0.2) is 0 Å². The number of aromatic nitrogens is 1. The SMILES string of the molecule is CC(C)(C)OC(=O)n1cc(-c2ccc(-c3cc4ccc(C5=NCCN5)cc4o3)cc2)c2ccc(C3=NCCN3)cc21. The molecule has 0 atom stereocenters. The standard InChI is InChI=1S/C33H31N5O3/c1-33(2,3)41-32(39)38-19-26(25-11-10-23(16-27(25)38)30-34-12-13-35-30)20-4-6-21(7-5-20)28-17-22-8-9-24(18-29(22)40-28)31-36-14-15-37-31/h4-11,16-19H,12-15H2,1-3H3,(H,34,35)(H,36,37). The third-order valence-corrected chi connectivity index (χ3v) is 7.29. The Kier molecular flexibility index (Phi) is 5.92. The summed E-state index contributed by atoms with van der Waals surface area (Å²) in [4.78, 5) is 22.3. The number of furan rings is 1. The molecule has 5 aromatic rings. The molecule has 0 bridgehead atoms. The minimum absolute atomic E-state index is 0.413. The Labute approximate surface area is 237 Å². The predicted octanol–water partition coefficient (Wildman–Crippen LogP) is 6.20. The number of rotatable bonds is 4. The van der Waals surface area contributed by atoms with Gasteiger partial charge in [-0.1, -0.05) is 48.5 Å². The van der Waals surface area contributed by atoms with Crippen molar-refractivity contribution >= 4 is 39.6 Å². The molecule has 0 amide bonds. The molecule has 2 aliphatic rings. The number of fused-ring (bicyclic) bond motifs is 2. The normalized spacial score (nSPS) is 15.1. The van der Waals surface area contributed by atoms with Crippen molar-refractivity contribution in [2.24, 2.45) is 9.98 Å². The van der Waals surface area contributed by atoms with E-state index in [1.807, 2.05) is 45.2 Å². The molecule has 3 aromatic carbocycles. The minimum Gasteiger partial charge on any atom is -0.456 e. The molecule has 41 heavy (non-hydrogen) atoms. The minimum atomic E-state index is -0.612. The second-order valence-corrected chi connectivity index (χ2v) is 11.4. The van der Waals surface area contributed by atoms with E-state index in [4.69, 9.17) is 9.15 Å². The highest BCUT2D eigenvalue weighted by Crippen LogP contribution is 2.35. The van der Waals surface area contributed by atoms with Crippen LogP contribution in [0.15, 0.2) is 87.3 Å². The Morgan fingerprint density at radius 2 is 1.46 bits per heavy atom. The van der Waals surface area contributed by atoms with Crippen LogP contribution in [0.3, 0.4) is 0 Å². The van der Waals surface area contributed by atoms with Crippen molar-refractivity contribution in [2.45, 2.75) is 26.4 Å². The Balaban J connectivity index is 1.25. The molecule has 2 N–H and O–H groups in total. The van der Waals surface area contributed by atoms with Crippen molar-refractivity contribution < 1.29 is 13.9 Å². The van der Waals surface area contributed by atoms with E-state index < -0.39 is 11.7 Å². The van der Waals surface area contributed by atoms with Gasteiger partial charge in [-0.15, -0.1) is 0 Å². The maximum absolute atomic E-state index is 13.3. The monoisotopic (exact) mass is 545 g/mol. The van der Waals surface area contributed by atoms with E-state index in [-0.39, 0.29) is 0 Å². The van der Waals surface area contributed by atoms with Gasteiger partial charge in [-0.2, -0.15) is 0 Å². The lowest BCUT2D eigenvalue weighted by molar-refractivity contribution is 0.0544. The number of nitrogens with one attached hydrogen (secondary N) is 2. The largest absolute Gasteiger partial charge is 0.456 e. The lowest BCUT2D eigenvalue weighted by Gasteiger charge is -2.19. The van der Waals surface area contributed by atoms with E-state index in [1.54, 1.807) is 4.57 Å². The summed E-state index contributed by atoms with van der Waals surface area (Å²) in [5.41, 5.74) is 5.90. The Hall–Kier alpha value is -4.85.